The van der Waals surface area contributed by atoms with Crippen molar-refractivity contribution in [1.29, 1.82) is 0 Å². The highest BCUT2D eigenvalue weighted by atomic mass is 15.1. The van der Waals surface area contributed by atoms with E-state index in [1.54, 1.807) is 0 Å². The molecule has 0 heterocycles. The minimum absolute atomic E-state index is 0.0407. The molecule has 0 aliphatic carbocycles. The number of aryl methyl sites for hydroxylation is 1. The van der Waals surface area contributed by atoms with Gasteiger partial charge in [0.15, 0.2) is 0 Å². The fraction of sp³-hybridized carbons (Fsp3) is 0.368. The largest absolute Gasteiger partial charge is 0.371 e. The van der Waals surface area contributed by atoms with Crippen LogP contribution >= 0.6 is 0 Å². The first-order valence-corrected chi connectivity index (χ1v) is 7.66. The molecule has 0 aromatic heterocycles. The molecule has 1 atom stereocenters. The summed E-state index contributed by atoms with van der Waals surface area (Å²) in [7, 11) is 0. The summed E-state index contributed by atoms with van der Waals surface area (Å²) in [6.07, 6.45) is 0. The van der Waals surface area contributed by atoms with Crippen LogP contribution in [-0.4, -0.2) is 19.6 Å². The number of hydrogen-bond acceptors (Lipinski definition) is 2. The van der Waals surface area contributed by atoms with Crippen LogP contribution in [0, 0.1) is 6.92 Å². The van der Waals surface area contributed by atoms with Gasteiger partial charge in [0.2, 0.25) is 0 Å². The Morgan fingerprint density at radius 1 is 1.05 bits per heavy atom. The average molecular weight is 282 g/mol. The highest BCUT2D eigenvalue weighted by molar-refractivity contribution is 5.49. The minimum atomic E-state index is -0.0407. The Balaban J connectivity index is 2.27. The van der Waals surface area contributed by atoms with Gasteiger partial charge in [-0.3, -0.25) is 0 Å². The van der Waals surface area contributed by atoms with Crippen molar-refractivity contribution in [2.75, 3.05) is 24.5 Å². The van der Waals surface area contributed by atoms with Gasteiger partial charge in [-0.2, -0.15) is 0 Å². The number of nitrogens with zero attached hydrogens (tertiary/aromatic N) is 1. The van der Waals surface area contributed by atoms with Crippen molar-refractivity contribution < 1.29 is 0 Å². The van der Waals surface area contributed by atoms with Crippen LogP contribution in [0.2, 0.25) is 0 Å². The van der Waals surface area contributed by atoms with Gasteiger partial charge in [0, 0.05) is 30.7 Å². The minimum Gasteiger partial charge on any atom is -0.371 e. The lowest BCUT2D eigenvalue weighted by molar-refractivity contribution is 0.477. The zero-order valence-electron chi connectivity index (χ0n) is 13.3. The molecular formula is C19H26N2. The monoisotopic (exact) mass is 282 g/mol. The normalized spacial score (nSPS) is 13.7. The number of hydrogen-bond donors (Lipinski definition) is 1. The third-order valence-electron chi connectivity index (χ3n) is 4.21. The zero-order valence-corrected chi connectivity index (χ0v) is 13.3. The highest BCUT2D eigenvalue weighted by Gasteiger charge is 2.27. The Morgan fingerprint density at radius 3 is 2.33 bits per heavy atom. The quantitative estimate of drug-likeness (QED) is 0.874. The first kappa shape index (κ1) is 15.6. The van der Waals surface area contributed by atoms with E-state index in [2.05, 4.69) is 80.3 Å². The van der Waals surface area contributed by atoms with E-state index in [1.165, 1.54) is 16.8 Å². The van der Waals surface area contributed by atoms with Gasteiger partial charge in [-0.15, -0.1) is 0 Å². The van der Waals surface area contributed by atoms with Crippen LogP contribution in [0.3, 0.4) is 0 Å². The molecule has 112 valence electrons. The second kappa shape index (κ2) is 6.77. The van der Waals surface area contributed by atoms with Crippen molar-refractivity contribution in [3.05, 3.63) is 65.7 Å². The summed E-state index contributed by atoms with van der Waals surface area (Å²) in [5.41, 5.74) is 9.95. The number of likely N-dealkylation sites (N-methyl/N-ethyl adjacent to an activating group) is 1. The van der Waals surface area contributed by atoms with Crippen LogP contribution in [0.1, 0.15) is 25.0 Å². The zero-order chi connectivity index (χ0) is 15.3. The van der Waals surface area contributed by atoms with Crippen LogP contribution in [0.5, 0.6) is 0 Å². The molecule has 0 saturated carbocycles. The first-order chi connectivity index (χ1) is 10.1. The molecule has 2 heteroatoms. The van der Waals surface area contributed by atoms with E-state index in [0.29, 0.717) is 6.54 Å². The van der Waals surface area contributed by atoms with Crippen LogP contribution in [0.25, 0.3) is 0 Å². The second-order valence-electron chi connectivity index (χ2n) is 5.98. The van der Waals surface area contributed by atoms with Crippen molar-refractivity contribution in [2.24, 2.45) is 5.73 Å². The summed E-state index contributed by atoms with van der Waals surface area (Å²) in [4.78, 5) is 2.41. The molecule has 0 spiro atoms. The standard InChI is InChI=1S/C19H26N2/c1-4-21(18-12-8-9-16(2)13-18)15-19(3,14-20)17-10-6-5-7-11-17/h5-13H,4,14-15,20H2,1-3H3. The van der Waals surface area contributed by atoms with Crippen LogP contribution in [0.4, 0.5) is 5.69 Å². The van der Waals surface area contributed by atoms with Crippen molar-refractivity contribution in [3.63, 3.8) is 0 Å². The van der Waals surface area contributed by atoms with Crippen molar-refractivity contribution in [1.82, 2.24) is 0 Å². The highest BCUT2D eigenvalue weighted by Crippen LogP contribution is 2.26. The third-order valence-corrected chi connectivity index (χ3v) is 4.21. The van der Waals surface area contributed by atoms with E-state index in [1.807, 2.05) is 0 Å². The molecular weight excluding hydrogens is 256 g/mol. The van der Waals surface area contributed by atoms with Crippen LogP contribution in [-0.2, 0) is 5.41 Å². The molecule has 2 nitrogen and oxygen atoms in total. The van der Waals surface area contributed by atoms with E-state index in [-0.39, 0.29) is 5.41 Å². The molecule has 0 aliphatic rings. The van der Waals surface area contributed by atoms with Crippen molar-refractivity contribution in [2.45, 2.75) is 26.2 Å². The average Bonchev–Trinajstić information content (AvgIpc) is 2.53. The number of nitrogens with two attached hydrogens (primary N) is 1. The van der Waals surface area contributed by atoms with Gasteiger partial charge in [-0.25, -0.2) is 0 Å². The van der Waals surface area contributed by atoms with Gasteiger partial charge >= 0.3 is 0 Å². The summed E-state index contributed by atoms with van der Waals surface area (Å²) >= 11 is 0. The van der Waals surface area contributed by atoms with Crippen LogP contribution < -0.4 is 10.6 Å². The van der Waals surface area contributed by atoms with Crippen LogP contribution in [0.15, 0.2) is 54.6 Å². The molecule has 2 N–H and O–H groups in total. The molecule has 0 amide bonds. The fourth-order valence-corrected chi connectivity index (χ4v) is 2.75. The Morgan fingerprint density at radius 2 is 1.76 bits per heavy atom. The molecule has 0 aliphatic heterocycles. The van der Waals surface area contributed by atoms with E-state index < -0.39 is 0 Å². The molecule has 0 bridgehead atoms. The molecule has 2 aromatic rings. The first-order valence-electron chi connectivity index (χ1n) is 7.66. The van der Waals surface area contributed by atoms with Gasteiger partial charge < -0.3 is 10.6 Å². The van der Waals surface area contributed by atoms with Gasteiger partial charge in [0.05, 0.1) is 0 Å². The maximum absolute atomic E-state index is 6.12. The Labute approximate surface area is 128 Å². The second-order valence-corrected chi connectivity index (χ2v) is 5.98. The van der Waals surface area contributed by atoms with E-state index in [9.17, 15) is 0 Å². The lowest BCUT2D eigenvalue weighted by Crippen LogP contribution is -2.44. The lowest BCUT2D eigenvalue weighted by atomic mass is 9.82. The molecule has 0 radical (unpaired) electrons. The maximum Gasteiger partial charge on any atom is 0.0369 e. The van der Waals surface area contributed by atoms with Crippen molar-refractivity contribution in [3.8, 4) is 0 Å². The molecule has 2 aromatic carbocycles. The number of benzene rings is 2. The molecule has 21 heavy (non-hydrogen) atoms. The topological polar surface area (TPSA) is 29.3 Å². The predicted molar refractivity (Wildman–Crippen MR) is 91.9 cm³/mol. The smallest absolute Gasteiger partial charge is 0.0369 e. The SMILES string of the molecule is CCN(CC(C)(CN)c1ccccc1)c1cccc(C)c1. The molecule has 0 saturated heterocycles. The van der Waals surface area contributed by atoms with Gasteiger partial charge in [-0.05, 0) is 37.1 Å². The Bertz CT molecular complexity index is 565. The summed E-state index contributed by atoms with van der Waals surface area (Å²) in [6, 6.07) is 19.3. The fourth-order valence-electron chi connectivity index (χ4n) is 2.75. The summed E-state index contributed by atoms with van der Waals surface area (Å²) in [5.74, 6) is 0. The predicted octanol–water partition coefficient (Wildman–Crippen LogP) is 3.74. The maximum atomic E-state index is 6.12. The molecule has 2 rings (SSSR count). The lowest BCUT2D eigenvalue weighted by Gasteiger charge is -2.36. The Kier molecular flexibility index (Phi) is 5.03. The van der Waals surface area contributed by atoms with E-state index in [4.69, 9.17) is 5.73 Å². The van der Waals surface area contributed by atoms with E-state index in [0.717, 1.165) is 13.1 Å². The summed E-state index contributed by atoms with van der Waals surface area (Å²) in [6.45, 7) is 9.13. The van der Waals surface area contributed by atoms with Gasteiger partial charge in [0.25, 0.3) is 0 Å². The molecule has 1 unspecified atom stereocenters. The third kappa shape index (κ3) is 3.64. The summed E-state index contributed by atoms with van der Waals surface area (Å²) in [5, 5.41) is 0. The van der Waals surface area contributed by atoms with Gasteiger partial charge in [0.1, 0.15) is 0 Å². The van der Waals surface area contributed by atoms with E-state index >= 15 is 0 Å². The summed E-state index contributed by atoms with van der Waals surface area (Å²) < 4.78 is 0. The van der Waals surface area contributed by atoms with Crippen molar-refractivity contribution >= 4 is 5.69 Å². The number of rotatable bonds is 6. The number of anilines is 1. The molecule has 0 fully saturated rings. The Hall–Kier alpha value is -1.80. The van der Waals surface area contributed by atoms with Gasteiger partial charge in [-0.1, -0.05) is 49.4 Å².